The van der Waals surface area contributed by atoms with Crippen molar-refractivity contribution in [1.29, 1.82) is 0 Å². The van der Waals surface area contributed by atoms with Crippen LogP contribution in [0.5, 0.6) is 0 Å². The van der Waals surface area contributed by atoms with E-state index in [0.717, 1.165) is 18.4 Å². The molecule has 2 heteroatoms. The Morgan fingerprint density at radius 1 is 1.07 bits per heavy atom. The summed E-state index contributed by atoms with van der Waals surface area (Å²) < 4.78 is 27.7. The van der Waals surface area contributed by atoms with Gasteiger partial charge >= 0.3 is 0 Å². The van der Waals surface area contributed by atoms with Crippen LogP contribution in [0.1, 0.15) is 31.2 Å². The van der Waals surface area contributed by atoms with Crippen LogP contribution in [-0.2, 0) is 5.41 Å². The molecule has 1 aromatic rings. The van der Waals surface area contributed by atoms with E-state index in [1.807, 2.05) is 30.3 Å². The van der Waals surface area contributed by atoms with E-state index in [0.29, 0.717) is 12.8 Å². The molecule has 0 spiro atoms. The van der Waals surface area contributed by atoms with Crippen LogP contribution in [0, 0.1) is 5.92 Å². The average molecular weight is 208 g/mol. The molecule has 0 heterocycles. The van der Waals surface area contributed by atoms with E-state index in [9.17, 15) is 8.78 Å². The summed E-state index contributed by atoms with van der Waals surface area (Å²) in [4.78, 5) is 0. The van der Waals surface area contributed by atoms with Crippen LogP contribution in [0.3, 0.4) is 0 Å². The van der Waals surface area contributed by atoms with Gasteiger partial charge in [0.1, 0.15) is 0 Å². The zero-order valence-electron chi connectivity index (χ0n) is 8.55. The number of hydrogen-bond acceptors (Lipinski definition) is 0. The maximum absolute atomic E-state index is 13.8. The molecule has 0 nitrogen and oxygen atoms in total. The van der Waals surface area contributed by atoms with Gasteiger partial charge in [-0.15, -0.1) is 0 Å². The van der Waals surface area contributed by atoms with Crippen molar-refractivity contribution in [2.75, 3.05) is 0 Å². The standard InChI is InChI=1S/C13H14F2/c14-13(15)11-8-4-5-9-12(11,13)10-6-2-1-3-7-10/h1-3,6-7,11H,4-5,8-9H2. The topological polar surface area (TPSA) is 0 Å². The molecule has 0 aromatic heterocycles. The van der Waals surface area contributed by atoms with Crippen LogP contribution < -0.4 is 0 Å². The second kappa shape index (κ2) is 2.81. The highest BCUT2D eigenvalue weighted by Gasteiger charge is 2.80. The van der Waals surface area contributed by atoms with Gasteiger partial charge in [-0.2, -0.15) is 0 Å². The Bertz CT molecular complexity index is 371. The van der Waals surface area contributed by atoms with Crippen molar-refractivity contribution in [3.05, 3.63) is 35.9 Å². The fraction of sp³-hybridized carbons (Fsp3) is 0.538. The molecule has 0 bridgehead atoms. The van der Waals surface area contributed by atoms with Crippen LogP contribution in [0.4, 0.5) is 8.78 Å². The smallest absolute Gasteiger partial charge is 0.205 e. The third-order valence-electron chi connectivity index (χ3n) is 4.15. The lowest BCUT2D eigenvalue weighted by Gasteiger charge is -2.20. The number of benzene rings is 1. The van der Waals surface area contributed by atoms with Gasteiger partial charge in [0.2, 0.25) is 0 Å². The summed E-state index contributed by atoms with van der Waals surface area (Å²) in [5.41, 5.74) is 0.0478. The minimum absolute atomic E-state index is 0.388. The summed E-state index contributed by atoms with van der Waals surface area (Å²) in [5.74, 6) is -2.84. The molecule has 2 aliphatic carbocycles. The van der Waals surface area contributed by atoms with E-state index >= 15 is 0 Å². The van der Waals surface area contributed by atoms with Crippen LogP contribution in [-0.4, -0.2) is 5.92 Å². The van der Waals surface area contributed by atoms with Gasteiger partial charge in [0, 0.05) is 5.92 Å². The van der Waals surface area contributed by atoms with E-state index in [2.05, 4.69) is 0 Å². The Labute approximate surface area is 88.3 Å². The molecule has 2 atom stereocenters. The van der Waals surface area contributed by atoms with Gasteiger partial charge in [0.05, 0.1) is 5.41 Å². The van der Waals surface area contributed by atoms with Gasteiger partial charge in [-0.1, -0.05) is 43.2 Å². The number of rotatable bonds is 1. The van der Waals surface area contributed by atoms with Gasteiger partial charge in [0.15, 0.2) is 0 Å². The first-order valence-corrected chi connectivity index (χ1v) is 5.63. The largest absolute Gasteiger partial charge is 0.261 e. The van der Waals surface area contributed by atoms with Gasteiger partial charge in [-0.05, 0) is 18.4 Å². The molecule has 0 saturated heterocycles. The van der Waals surface area contributed by atoms with Crippen LogP contribution >= 0.6 is 0 Å². The van der Waals surface area contributed by atoms with E-state index in [1.165, 1.54) is 0 Å². The molecule has 1 aromatic carbocycles. The van der Waals surface area contributed by atoms with Gasteiger partial charge in [0.25, 0.3) is 5.92 Å². The molecular weight excluding hydrogens is 194 g/mol. The van der Waals surface area contributed by atoms with E-state index in [-0.39, 0.29) is 5.92 Å². The maximum atomic E-state index is 13.8. The quantitative estimate of drug-likeness (QED) is 0.659. The SMILES string of the molecule is FC1(F)C2CCCCC21c1ccccc1. The first-order chi connectivity index (χ1) is 7.19. The predicted molar refractivity (Wildman–Crippen MR) is 55.0 cm³/mol. The summed E-state index contributed by atoms with van der Waals surface area (Å²) in [6.07, 6.45) is 3.27. The molecule has 0 radical (unpaired) electrons. The van der Waals surface area contributed by atoms with Crippen LogP contribution in [0.15, 0.2) is 30.3 Å². The van der Waals surface area contributed by atoms with E-state index < -0.39 is 11.3 Å². The second-order valence-electron chi connectivity index (χ2n) is 4.76. The summed E-state index contributed by atoms with van der Waals surface area (Å²) in [6, 6.07) is 9.34. The number of fused-ring (bicyclic) bond motifs is 1. The molecule has 0 N–H and O–H groups in total. The highest BCUT2D eigenvalue weighted by Crippen LogP contribution is 2.72. The monoisotopic (exact) mass is 208 g/mol. The first-order valence-electron chi connectivity index (χ1n) is 5.63. The molecular formula is C13H14F2. The van der Waals surface area contributed by atoms with E-state index in [4.69, 9.17) is 0 Å². The van der Waals surface area contributed by atoms with Crippen molar-refractivity contribution in [3.63, 3.8) is 0 Å². The number of halogens is 2. The van der Waals surface area contributed by atoms with Crippen LogP contribution in [0.25, 0.3) is 0 Å². The van der Waals surface area contributed by atoms with Crippen molar-refractivity contribution in [3.8, 4) is 0 Å². The van der Waals surface area contributed by atoms with Gasteiger partial charge < -0.3 is 0 Å². The molecule has 2 fully saturated rings. The summed E-state index contributed by atoms with van der Waals surface area (Å²) in [6.45, 7) is 0. The maximum Gasteiger partial charge on any atom is 0.261 e. The fourth-order valence-electron chi connectivity index (χ4n) is 3.33. The zero-order valence-corrected chi connectivity index (χ0v) is 8.55. The number of hydrogen-bond donors (Lipinski definition) is 0. The lowest BCUT2D eigenvalue weighted by molar-refractivity contribution is 0.0765. The highest BCUT2D eigenvalue weighted by molar-refractivity contribution is 5.41. The van der Waals surface area contributed by atoms with Crippen molar-refractivity contribution in [2.24, 2.45) is 5.92 Å². The van der Waals surface area contributed by atoms with E-state index in [1.54, 1.807) is 0 Å². The Morgan fingerprint density at radius 3 is 2.47 bits per heavy atom. The Balaban J connectivity index is 2.04. The molecule has 2 saturated carbocycles. The van der Waals surface area contributed by atoms with Crippen molar-refractivity contribution in [2.45, 2.75) is 37.0 Å². The summed E-state index contributed by atoms with van der Waals surface area (Å²) >= 11 is 0. The Morgan fingerprint density at radius 2 is 1.80 bits per heavy atom. The first kappa shape index (κ1) is 9.32. The van der Waals surface area contributed by atoms with Crippen molar-refractivity contribution >= 4 is 0 Å². The van der Waals surface area contributed by atoms with Crippen molar-refractivity contribution in [1.82, 2.24) is 0 Å². The molecule has 2 aliphatic rings. The zero-order chi connectivity index (χ0) is 10.5. The highest BCUT2D eigenvalue weighted by atomic mass is 19.3. The third kappa shape index (κ3) is 1.000. The van der Waals surface area contributed by atoms with Gasteiger partial charge in [-0.3, -0.25) is 0 Å². The molecule has 80 valence electrons. The summed E-state index contributed by atoms with van der Waals surface area (Å²) in [5, 5.41) is 0. The average Bonchev–Trinajstić information content (AvgIpc) is 2.80. The van der Waals surface area contributed by atoms with Crippen molar-refractivity contribution < 1.29 is 8.78 Å². The normalized spacial score (nSPS) is 37.1. The molecule has 3 rings (SSSR count). The Hall–Kier alpha value is -0.920. The minimum Gasteiger partial charge on any atom is -0.205 e. The summed E-state index contributed by atoms with van der Waals surface area (Å²) in [7, 11) is 0. The van der Waals surface area contributed by atoms with Gasteiger partial charge in [-0.25, -0.2) is 8.78 Å². The molecule has 15 heavy (non-hydrogen) atoms. The lowest BCUT2D eigenvalue weighted by Crippen LogP contribution is -2.18. The minimum atomic E-state index is -2.45. The van der Waals surface area contributed by atoms with Crippen LogP contribution in [0.2, 0.25) is 0 Å². The molecule has 0 aliphatic heterocycles. The third-order valence-corrected chi connectivity index (χ3v) is 4.15. The number of alkyl halides is 2. The molecule has 0 amide bonds. The Kier molecular flexibility index (Phi) is 1.74. The molecule has 2 unspecified atom stereocenters. The fourth-order valence-corrected chi connectivity index (χ4v) is 3.33. The second-order valence-corrected chi connectivity index (χ2v) is 4.76. The lowest BCUT2D eigenvalue weighted by atomic mass is 9.82. The predicted octanol–water partition coefficient (Wildman–Crippen LogP) is 3.76.